The Morgan fingerprint density at radius 1 is 0.974 bits per heavy atom. The Hall–Kier alpha value is -4.13. The molecular weight excluding hydrogens is 492 g/mol. The van der Waals surface area contributed by atoms with Gasteiger partial charge in [-0.2, -0.15) is 0 Å². The van der Waals surface area contributed by atoms with Gasteiger partial charge in [-0.1, -0.05) is 48.0 Å². The number of anilines is 1. The molecule has 0 aromatic heterocycles. The van der Waals surface area contributed by atoms with Crippen LogP contribution in [0.5, 0.6) is 5.75 Å². The van der Waals surface area contributed by atoms with Crippen LogP contribution in [-0.4, -0.2) is 49.5 Å². The van der Waals surface area contributed by atoms with Gasteiger partial charge in [0.25, 0.3) is 5.91 Å². The van der Waals surface area contributed by atoms with Crippen molar-refractivity contribution in [1.82, 2.24) is 4.90 Å². The number of rotatable bonds is 9. The zero-order valence-corrected chi connectivity index (χ0v) is 22.9. The molecule has 3 aromatic carbocycles. The van der Waals surface area contributed by atoms with Crippen molar-refractivity contribution < 1.29 is 23.9 Å². The van der Waals surface area contributed by atoms with Gasteiger partial charge < -0.3 is 19.3 Å². The topological polar surface area (TPSA) is 76.2 Å². The van der Waals surface area contributed by atoms with Crippen LogP contribution in [0.15, 0.2) is 72.8 Å². The summed E-state index contributed by atoms with van der Waals surface area (Å²) in [6.45, 7) is 5.49. The summed E-state index contributed by atoms with van der Waals surface area (Å²) in [5.41, 5.74) is 4.14. The van der Waals surface area contributed by atoms with E-state index in [4.69, 9.17) is 9.47 Å². The first-order valence-electron chi connectivity index (χ1n) is 13.4. The number of hydrogen-bond acceptors (Lipinski definition) is 5. The number of carbonyl (C=O) groups excluding carboxylic acids is 3. The average molecular weight is 529 g/mol. The van der Waals surface area contributed by atoms with Crippen molar-refractivity contribution in [2.75, 3.05) is 31.7 Å². The Bertz CT molecular complexity index is 1290. The van der Waals surface area contributed by atoms with Crippen LogP contribution < -0.4 is 9.64 Å². The molecular formula is C32H36N2O5. The number of methoxy groups -OCH3 is 1. The van der Waals surface area contributed by atoms with Crippen molar-refractivity contribution in [3.8, 4) is 5.75 Å². The van der Waals surface area contributed by atoms with Gasteiger partial charge in [-0.25, -0.2) is 0 Å². The minimum Gasteiger partial charge on any atom is -0.496 e. The lowest BCUT2D eigenvalue weighted by Crippen LogP contribution is -2.43. The van der Waals surface area contributed by atoms with E-state index >= 15 is 0 Å². The third-order valence-electron chi connectivity index (χ3n) is 7.06. The monoisotopic (exact) mass is 528 g/mol. The SMILES string of the molecule is CCOC(=O)C1CCCN(C(=O)Cc2ccc(N(Cc3ccccc3OC)C(=O)c3ccc(C)cc3)cc2)C1. The van der Waals surface area contributed by atoms with Crippen molar-refractivity contribution in [2.24, 2.45) is 5.92 Å². The van der Waals surface area contributed by atoms with Crippen molar-refractivity contribution in [1.29, 1.82) is 0 Å². The molecule has 0 bridgehead atoms. The van der Waals surface area contributed by atoms with Gasteiger partial charge in [0, 0.05) is 29.9 Å². The first kappa shape index (κ1) is 27.9. The number of hydrogen-bond donors (Lipinski definition) is 0. The normalized spacial score (nSPS) is 14.9. The van der Waals surface area contributed by atoms with E-state index in [1.54, 1.807) is 23.8 Å². The number of amides is 2. The fourth-order valence-electron chi connectivity index (χ4n) is 4.87. The van der Waals surface area contributed by atoms with E-state index in [0.717, 1.165) is 35.2 Å². The van der Waals surface area contributed by atoms with E-state index in [9.17, 15) is 14.4 Å². The Morgan fingerprint density at radius 2 is 1.69 bits per heavy atom. The summed E-state index contributed by atoms with van der Waals surface area (Å²) < 4.78 is 10.7. The maximum absolute atomic E-state index is 13.6. The van der Waals surface area contributed by atoms with E-state index < -0.39 is 0 Å². The van der Waals surface area contributed by atoms with Gasteiger partial charge >= 0.3 is 5.97 Å². The number of piperidine rings is 1. The van der Waals surface area contributed by atoms with Crippen LogP contribution in [0.3, 0.4) is 0 Å². The van der Waals surface area contributed by atoms with Crippen LogP contribution in [0, 0.1) is 12.8 Å². The molecule has 1 unspecified atom stereocenters. The molecule has 7 heteroatoms. The largest absolute Gasteiger partial charge is 0.496 e. The number of aryl methyl sites for hydroxylation is 1. The Morgan fingerprint density at radius 3 is 2.38 bits per heavy atom. The van der Waals surface area contributed by atoms with E-state index in [2.05, 4.69) is 0 Å². The second kappa shape index (κ2) is 13.1. The number of likely N-dealkylation sites (tertiary alicyclic amines) is 1. The molecule has 204 valence electrons. The van der Waals surface area contributed by atoms with Crippen molar-refractivity contribution in [2.45, 2.75) is 39.7 Å². The average Bonchev–Trinajstić information content (AvgIpc) is 2.97. The fraction of sp³-hybridized carbons (Fsp3) is 0.344. The molecule has 39 heavy (non-hydrogen) atoms. The molecule has 1 atom stereocenters. The lowest BCUT2D eigenvalue weighted by Gasteiger charge is -2.31. The third kappa shape index (κ3) is 7.05. The van der Waals surface area contributed by atoms with Gasteiger partial charge in [0.2, 0.25) is 5.91 Å². The molecule has 7 nitrogen and oxygen atoms in total. The fourth-order valence-corrected chi connectivity index (χ4v) is 4.87. The number of ether oxygens (including phenoxy) is 2. The van der Waals surface area contributed by atoms with Crippen molar-refractivity contribution >= 4 is 23.5 Å². The highest BCUT2D eigenvalue weighted by Crippen LogP contribution is 2.26. The van der Waals surface area contributed by atoms with Gasteiger partial charge in [0.15, 0.2) is 0 Å². The quantitative estimate of drug-likeness (QED) is 0.357. The predicted molar refractivity (Wildman–Crippen MR) is 151 cm³/mol. The molecule has 1 aliphatic rings. The summed E-state index contributed by atoms with van der Waals surface area (Å²) >= 11 is 0. The van der Waals surface area contributed by atoms with Crippen LogP contribution in [0.1, 0.15) is 46.8 Å². The van der Waals surface area contributed by atoms with E-state index in [0.29, 0.717) is 37.6 Å². The predicted octanol–water partition coefficient (Wildman–Crippen LogP) is 5.19. The lowest BCUT2D eigenvalue weighted by atomic mass is 9.97. The van der Waals surface area contributed by atoms with Gasteiger partial charge in [-0.3, -0.25) is 14.4 Å². The van der Waals surface area contributed by atoms with Gasteiger partial charge in [-0.05, 0) is 62.6 Å². The number of carbonyl (C=O) groups is 3. The number of esters is 1. The highest BCUT2D eigenvalue weighted by molar-refractivity contribution is 6.06. The molecule has 0 N–H and O–H groups in total. The lowest BCUT2D eigenvalue weighted by molar-refractivity contribution is -0.151. The Kier molecular flexibility index (Phi) is 9.36. The minimum atomic E-state index is -0.263. The number of benzene rings is 3. The van der Waals surface area contributed by atoms with Gasteiger partial charge in [-0.15, -0.1) is 0 Å². The summed E-state index contributed by atoms with van der Waals surface area (Å²) in [6.07, 6.45) is 1.76. The number of nitrogens with zero attached hydrogens (tertiary/aromatic N) is 2. The van der Waals surface area contributed by atoms with Crippen LogP contribution in [0.25, 0.3) is 0 Å². The molecule has 1 heterocycles. The molecule has 0 radical (unpaired) electrons. The summed E-state index contributed by atoms with van der Waals surface area (Å²) in [5, 5.41) is 0. The summed E-state index contributed by atoms with van der Waals surface area (Å²) in [7, 11) is 1.62. The zero-order chi connectivity index (χ0) is 27.8. The van der Waals surface area contributed by atoms with E-state index in [1.165, 1.54) is 0 Å². The van der Waals surface area contributed by atoms with Crippen LogP contribution >= 0.6 is 0 Å². The standard InChI is InChI=1S/C32H36N2O5/c1-4-39-32(37)27-9-7-19-33(21-27)30(35)20-24-13-17-28(18-14-24)34(22-26-8-5-6-10-29(26)38-3)31(36)25-15-11-23(2)12-16-25/h5-6,8,10-18,27H,4,7,9,19-22H2,1-3H3. The molecule has 1 fully saturated rings. The molecule has 0 aliphatic carbocycles. The second-order valence-electron chi connectivity index (χ2n) is 9.84. The first-order chi connectivity index (χ1) is 18.9. The highest BCUT2D eigenvalue weighted by atomic mass is 16.5. The molecule has 2 amide bonds. The molecule has 4 rings (SSSR count). The summed E-state index contributed by atoms with van der Waals surface area (Å²) in [5.74, 6) is 0.0829. The smallest absolute Gasteiger partial charge is 0.310 e. The molecule has 1 saturated heterocycles. The minimum absolute atomic E-state index is 0.0154. The molecule has 3 aromatic rings. The molecule has 0 spiro atoms. The van der Waals surface area contributed by atoms with Crippen molar-refractivity contribution in [3.05, 3.63) is 95.1 Å². The summed E-state index contributed by atoms with van der Waals surface area (Å²) in [4.78, 5) is 42.3. The highest BCUT2D eigenvalue weighted by Gasteiger charge is 2.29. The van der Waals surface area contributed by atoms with Gasteiger partial charge in [0.05, 0.1) is 32.6 Å². The van der Waals surface area contributed by atoms with Crippen LogP contribution in [-0.2, 0) is 27.3 Å². The molecule has 1 aliphatic heterocycles. The van der Waals surface area contributed by atoms with E-state index in [-0.39, 0.29) is 30.1 Å². The summed E-state index contributed by atoms with van der Waals surface area (Å²) in [6, 6.07) is 22.7. The number of para-hydroxylation sites is 1. The van der Waals surface area contributed by atoms with Crippen LogP contribution in [0.4, 0.5) is 5.69 Å². The van der Waals surface area contributed by atoms with Crippen LogP contribution in [0.2, 0.25) is 0 Å². The Balaban J connectivity index is 1.51. The molecule has 0 saturated carbocycles. The third-order valence-corrected chi connectivity index (χ3v) is 7.06. The first-order valence-corrected chi connectivity index (χ1v) is 13.4. The maximum atomic E-state index is 13.6. The maximum Gasteiger partial charge on any atom is 0.310 e. The van der Waals surface area contributed by atoms with Gasteiger partial charge in [0.1, 0.15) is 5.75 Å². The van der Waals surface area contributed by atoms with E-state index in [1.807, 2.05) is 79.7 Å². The second-order valence-corrected chi connectivity index (χ2v) is 9.84. The van der Waals surface area contributed by atoms with Crippen molar-refractivity contribution in [3.63, 3.8) is 0 Å². The Labute approximate surface area is 230 Å². The zero-order valence-electron chi connectivity index (χ0n) is 22.9.